The third-order valence-corrected chi connectivity index (χ3v) is 5.46. The van der Waals surface area contributed by atoms with Gasteiger partial charge in [-0.3, -0.25) is 9.59 Å². The van der Waals surface area contributed by atoms with Gasteiger partial charge in [-0.25, -0.2) is 13.2 Å². The fourth-order valence-corrected chi connectivity index (χ4v) is 4.49. The minimum Gasteiger partial charge on any atom is -0.452 e. The summed E-state index contributed by atoms with van der Waals surface area (Å²) in [7, 11) is -3.13. The Morgan fingerprint density at radius 2 is 1.96 bits per heavy atom. The van der Waals surface area contributed by atoms with Gasteiger partial charge in [0.05, 0.1) is 22.6 Å². The van der Waals surface area contributed by atoms with Gasteiger partial charge in [-0.1, -0.05) is 12.1 Å². The maximum Gasteiger partial charge on any atom is 0.338 e. The van der Waals surface area contributed by atoms with Crippen LogP contribution in [0.3, 0.4) is 0 Å². The predicted molar refractivity (Wildman–Crippen MR) is 81.9 cm³/mol. The van der Waals surface area contributed by atoms with Crippen LogP contribution >= 0.6 is 0 Å². The quantitative estimate of drug-likeness (QED) is 0.613. The Bertz CT molecular complexity index is 725. The lowest BCUT2D eigenvalue weighted by Gasteiger charge is -2.23. The zero-order chi connectivity index (χ0) is 17.1. The molecule has 0 aliphatic carbocycles. The molecule has 1 aliphatic rings. The molecule has 0 radical (unpaired) electrons. The van der Waals surface area contributed by atoms with E-state index in [2.05, 4.69) is 5.32 Å². The molecule has 1 aliphatic heterocycles. The Labute approximate surface area is 133 Å². The van der Waals surface area contributed by atoms with Gasteiger partial charge in [0, 0.05) is 5.56 Å². The van der Waals surface area contributed by atoms with Crippen molar-refractivity contribution in [3.8, 4) is 0 Å². The van der Waals surface area contributed by atoms with Gasteiger partial charge in [-0.05, 0) is 25.5 Å². The first-order valence-corrected chi connectivity index (χ1v) is 8.79. The number of ether oxygens (including phenoxy) is 1. The van der Waals surface area contributed by atoms with Gasteiger partial charge in [-0.15, -0.1) is 0 Å². The smallest absolute Gasteiger partial charge is 0.338 e. The zero-order valence-corrected chi connectivity index (χ0v) is 13.4. The van der Waals surface area contributed by atoms with Crippen molar-refractivity contribution in [1.82, 2.24) is 5.32 Å². The number of sulfone groups is 1. The van der Waals surface area contributed by atoms with Crippen LogP contribution in [0.4, 0.5) is 0 Å². The molecule has 1 saturated heterocycles. The van der Waals surface area contributed by atoms with Crippen molar-refractivity contribution in [2.24, 2.45) is 0 Å². The number of benzene rings is 1. The highest BCUT2D eigenvalue weighted by molar-refractivity contribution is 7.91. The van der Waals surface area contributed by atoms with Crippen LogP contribution in [0.25, 0.3) is 0 Å². The SMILES string of the molecule is C[C@@]1(NC(=O)COC(=O)c2ccc(C=O)cc2)CCS(=O)(=O)C1. The highest BCUT2D eigenvalue weighted by atomic mass is 32.2. The van der Waals surface area contributed by atoms with Gasteiger partial charge >= 0.3 is 5.97 Å². The molecule has 0 bridgehead atoms. The number of rotatable bonds is 5. The second-order valence-corrected chi connectivity index (χ2v) is 7.95. The van der Waals surface area contributed by atoms with Gasteiger partial charge < -0.3 is 10.1 Å². The summed E-state index contributed by atoms with van der Waals surface area (Å²) in [6.45, 7) is 1.15. The van der Waals surface area contributed by atoms with Gasteiger partial charge in [0.2, 0.25) is 0 Å². The number of hydrogen-bond donors (Lipinski definition) is 1. The van der Waals surface area contributed by atoms with E-state index < -0.39 is 33.9 Å². The molecule has 7 nitrogen and oxygen atoms in total. The number of esters is 1. The number of aldehydes is 1. The van der Waals surface area contributed by atoms with Crippen molar-refractivity contribution < 1.29 is 27.5 Å². The zero-order valence-electron chi connectivity index (χ0n) is 12.6. The van der Waals surface area contributed by atoms with Gasteiger partial charge in [-0.2, -0.15) is 0 Å². The topological polar surface area (TPSA) is 107 Å². The molecular formula is C15H17NO6S. The summed E-state index contributed by atoms with van der Waals surface area (Å²) in [4.78, 5) is 34.1. The summed E-state index contributed by atoms with van der Waals surface area (Å²) in [5, 5.41) is 2.59. The fraction of sp³-hybridized carbons (Fsp3) is 0.400. The van der Waals surface area contributed by atoms with Crippen LogP contribution in [0.15, 0.2) is 24.3 Å². The van der Waals surface area contributed by atoms with E-state index in [1.807, 2.05) is 0 Å². The molecule has 1 fully saturated rings. The highest BCUT2D eigenvalue weighted by Gasteiger charge is 2.39. The first-order valence-electron chi connectivity index (χ1n) is 6.97. The van der Waals surface area contributed by atoms with Crippen molar-refractivity contribution in [3.05, 3.63) is 35.4 Å². The lowest BCUT2D eigenvalue weighted by atomic mass is 10.0. The third-order valence-electron chi connectivity index (χ3n) is 3.56. The molecule has 1 aromatic carbocycles. The average molecular weight is 339 g/mol. The lowest BCUT2D eigenvalue weighted by molar-refractivity contribution is -0.125. The molecule has 1 amide bonds. The molecule has 0 aromatic heterocycles. The minimum atomic E-state index is -3.13. The first-order chi connectivity index (χ1) is 10.7. The van der Waals surface area contributed by atoms with Gasteiger partial charge in [0.25, 0.3) is 5.91 Å². The van der Waals surface area contributed by atoms with E-state index in [0.29, 0.717) is 18.3 Å². The Balaban J connectivity index is 1.86. The minimum absolute atomic E-state index is 0.0344. The second kappa shape index (κ2) is 6.49. The summed E-state index contributed by atoms with van der Waals surface area (Å²) in [6.07, 6.45) is 0.987. The summed E-state index contributed by atoms with van der Waals surface area (Å²) in [5.74, 6) is -1.33. The van der Waals surface area contributed by atoms with Gasteiger partial charge in [0.15, 0.2) is 16.4 Å². The maximum atomic E-state index is 11.8. The second-order valence-electron chi connectivity index (χ2n) is 5.77. The van der Waals surface area contributed by atoms with E-state index in [1.54, 1.807) is 6.92 Å². The van der Waals surface area contributed by atoms with Crippen LogP contribution in [-0.4, -0.2) is 50.2 Å². The van der Waals surface area contributed by atoms with E-state index in [0.717, 1.165) is 0 Å². The molecule has 0 spiro atoms. The van der Waals surface area contributed by atoms with Crippen LogP contribution < -0.4 is 5.32 Å². The largest absolute Gasteiger partial charge is 0.452 e. The van der Waals surface area contributed by atoms with E-state index in [-0.39, 0.29) is 17.1 Å². The molecule has 124 valence electrons. The van der Waals surface area contributed by atoms with Crippen molar-refractivity contribution in [2.45, 2.75) is 18.9 Å². The molecular weight excluding hydrogens is 322 g/mol. The molecule has 1 aromatic rings. The Hall–Kier alpha value is -2.22. The van der Waals surface area contributed by atoms with Crippen LogP contribution in [0, 0.1) is 0 Å². The molecule has 0 saturated carbocycles. The molecule has 1 atom stereocenters. The average Bonchev–Trinajstić information content (AvgIpc) is 2.78. The molecule has 23 heavy (non-hydrogen) atoms. The number of carbonyl (C=O) groups is 3. The van der Waals surface area contributed by atoms with Gasteiger partial charge in [0.1, 0.15) is 6.29 Å². The monoisotopic (exact) mass is 339 g/mol. The third kappa shape index (κ3) is 4.62. The Morgan fingerprint density at radius 1 is 1.30 bits per heavy atom. The normalized spacial score (nSPS) is 22.3. The van der Waals surface area contributed by atoms with E-state index in [9.17, 15) is 22.8 Å². The summed E-state index contributed by atoms with van der Waals surface area (Å²) in [5.41, 5.74) is -0.179. The maximum absolute atomic E-state index is 11.8. The molecule has 0 unspecified atom stereocenters. The summed E-state index contributed by atoms with van der Waals surface area (Å²) >= 11 is 0. The molecule has 2 rings (SSSR count). The molecule has 1 heterocycles. The van der Waals surface area contributed by atoms with Crippen LogP contribution in [0.2, 0.25) is 0 Å². The summed E-state index contributed by atoms with van der Waals surface area (Å²) < 4.78 is 27.8. The number of nitrogens with one attached hydrogen (secondary N) is 1. The Morgan fingerprint density at radius 3 is 2.48 bits per heavy atom. The number of hydrogen-bond acceptors (Lipinski definition) is 6. The standard InChI is InChI=1S/C15H17NO6S/c1-15(6-7-23(20,21)10-15)16-13(18)9-22-14(19)12-4-2-11(8-17)3-5-12/h2-5,8H,6-7,9-10H2,1H3,(H,16,18)/t15-/m1/s1. The highest BCUT2D eigenvalue weighted by Crippen LogP contribution is 2.22. The van der Waals surface area contributed by atoms with E-state index in [1.165, 1.54) is 24.3 Å². The van der Waals surface area contributed by atoms with E-state index >= 15 is 0 Å². The van der Waals surface area contributed by atoms with Crippen molar-refractivity contribution in [1.29, 1.82) is 0 Å². The van der Waals surface area contributed by atoms with Crippen molar-refractivity contribution >= 4 is 28.0 Å². The molecule has 1 N–H and O–H groups in total. The van der Waals surface area contributed by atoms with Crippen molar-refractivity contribution in [3.63, 3.8) is 0 Å². The summed E-state index contributed by atoms with van der Waals surface area (Å²) in [6, 6.07) is 5.78. The lowest BCUT2D eigenvalue weighted by Crippen LogP contribution is -2.48. The van der Waals surface area contributed by atoms with Crippen LogP contribution in [-0.2, 0) is 19.4 Å². The predicted octanol–water partition coefficient (Wildman–Crippen LogP) is 0.349. The molecule has 8 heteroatoms. The Kier molecular flexibility index (Phi) is 4.84. The first kappa shape index (κ1) is 17.1. The van der Waals surface area contributed by atoms with E-state index in [4.69, 9.17) is 4.74 Å². The fourth-order valence-electron chi connectivity index (χ4n) is 2.39. The van der Waals surface area contributed by atoms with Crippen LogP contribution in [0.5, 0.6) is 0 Å². The van der Waals surface area contributed by atoms with Crippen molar-refractivity contribution in [2.75, 3.05) is 18.1 Å². The van der Waals surface area contributed by atoms with Crippen LogP contribution in [0.1, 0.15) is 34.1 Å². The number of amides is 1. The number of carbonyl (C=O) groups excluding carboxylic acids is 3.